The first-order chi connectivity index (χ1) is 5.72. The van der Waals surface area contributed by atoms with Crippen molar-refractivity contribution >= 4 is 29.1 Å². The van der Waals surface area contributed by atoms with Gasteiger partial charge in [-0.3, -0.25) is 0 Å². The number of benzene rings is 1. The molecular formula is C9H11Cl2P. The number of hydrogen-bond acceptors (Lipinski definition) is 0. The molecule has 0 aliphatic carbocycles. The molecule has 3 heteroatoms. The Balaban J connectivity index is 2.72. The van der Waals surface area contributed by atoms with Crippen LogP contribution in [0.25, 0.3) is 0 Å². The summed E-state index contributed by atoms with van der Waals surface area (Å²) in [4.78, 5) is 0. The van der Waals surface area contributed by atoms with E-state index in [0.29, 0.717) is 0 Å². The predicted molar refractivity (Wildman–Crippen MR) is 58.2 cm³/mol. The summed E-state index contributed by atoms with van der Waals surface area (Å²) in [5.41, 5.74) is 2.59. The van der Waals surface area contributed by atoms with E-state index in [1.807, 2.05) is 0 Å². The van der Waals surface area contributed by atoms with Crippen molar-refractivity contribution in [2.45, 2.75) is 19.5 Å². The maximum Gasteiger partial charge on any atom is 0.0899 e. The van der Waals surface area contributed by atoms with Gasteiger partial charge in [0.1, 0.15) is 0 Å². The molecule has 0 atom stereocenters. The summed E-state index contributed by atoms with van der Waals surface area (Å²) in [5.74, 6) is 0. The number of halogens is 2. The van der Waals surface area contributed by atoms with Crippen LogP contribution < -0.4 is 0 Å². The van der Waals surface area contributed by atoms with Crippen LogP contribution in [0.1, 0.15) is 18.1 Å². The molecule has 0 aromatic heterocycles. The van der Waals surface area contributed by atoms with Gasteiger partial charge in [0.25, 0.3) is 0 Å². The predicted octanol–water partition coefficient (Wildman–Crippen LogP) is 4.54. The Morgan fingerprint density at radius 1 is 1.25 bits per heavy atom. The molecule has 0 spiro atoms. The van der Waals surface area contributed by atoms with Gasteiger partial charge >= 0.3 is 0 Å². The average molecular weight is 221 g/mol. The molecule has 0 saturated carbocycles. The molecule has 1 aromatic carbocycles. The van der Waals surface area contributed by atoms with E-state index in [0.717, 1.165) is 12.6 Å². The largest absolute Gasteiger partial charge is 0.0899 e. The van der Waals surface area contributed by atoms with Crippen molar-refractivity contribution in [3.8, 4) is 0 Å². The van der Waals surface area contributed by atoms with Crippen LogP contribution in [0.3, 0.4) is 0 Å². The molecule has 0 amide bonds. The van der Waals surface area contributed by atoms with E-state index in [2.05, 4.69) is 31.2 Å². The molecular weight excluding hydrogens is 210 g/mol. The van der Waals surface area contributed by atoms with Crippen molar-refractivity contribution in [3.63, 3.8) is 0 Å². The van der Waals surface area contributed by atoms with E-state index in [9.17, 15) is 0 Å². The van der Waals surface area contributed by atoms with E-state index >= 15 is 0 Å². The Hall–Kier alpha value is 0.230. The highest BCUT2D eigenvalue weighted by atomic mass is 35.9. The van der Waals surface area contributed by atoms with Crippen molar-refractivity contribution in [1.29, 1.82) is 0 Å². The van der Waals surface area contributed by atoms with Gasteiger partial charge in [0.05, 0.1) is 6.63 Å². The molecule has 1 rings (SSSR count). The van der Waals surface area contributed by atoms with Gasteiger partial charge in [0.15, 0.2) is 0 Å². The molecule has 0 fully saturated rings. The lowest BCUT2D eigenvalue weighted by Crippen LogP contribution is -1.83. The third kappa shape index (κ3) is 3.31. The van der Waals surface area contributed by atoms with Crippen LogP contribution >= 0.6 is 29.1 Å². The van der Waals surface area contributed by atoms with Crippen LogP contribution in [0.5, 0.6) is 0 Å². The lowest BCUT2D eigenvalue weighted by molar-refractivity contribution is 1.13. The molecule has 0 unspecified atom stereocenters. The third-order valence-electron chi connectivity index (χ3n) is 1.70. The Morgan fingerprint density at radius 3 is 2.50 bits per heavy atom. The molecule has 0 nitrogen and oxygen atoms in total. The molecule has 66 valence electrons. The van der Waals surface area contributed by atoms with Gasteiger partial charge in [-0.2, -0.15) is 0 Å². The smallest absolute Gasteiger partial charge is 0.0777 e. The highest BCUT2D eigenvalue weighted by molar-refractivity contribution is 8.03. The number of aryl methyl sites for hydroxylation is 1. The maximum absolute atomic E-state index is 5.74. The van der Waals surface area contributed by atoms with Crippen molar-refractivity contribution in [3.05, 3.63) is 35.4 Å². The zero-order valence-corrected chi connectivity index (χ0v) is 9.33. The highest BCUT2D eigenvalue weighted by Crippen LogP contribution is 2.49. The first-order valence-corrected chi connectivity index (χ1v) is 7.23. The minimum atomic E-state index is -0.850. The Bertz CT molecular complexity index is 248. The molecule has 12 heavy (non-hydrogen) atoms. The average Bonchev–Trinajstić information content (AvgIpc) is 2.03. The fourth-order valence-electron chi connectivity index (χ4n) is 1.09. The summed E-state index contributed by atoms with van der Waals surface area (Å²) in [6, 6.07) is 8.41. The molecule has 0 aliphatic rings. The quantitative estimate of drug-likeness (QED) is 0.657. The zero-order valence-electron chi connectivity index (χ0n) is 6.93. The second-order valence-corrected chi connectivity index (χ2v) is 6.52. The van der Waals surface area contributed by atoms with Gasteiger partial charge in [0.2, 0.25) is 0 Å². The maximum atomic E-state index is 5.74. The van der Waals surface area contributed by atoms with Gasteiger partial charge in [-0.1, -0.05) is 53.7 Å². The monoisotopic (exact) mass is 220 g/mol. The highest BCUT2D eigenvalue weighted by Gasteiger charge is 2.01. The van der Waals surface area contributed by atoms with Crippen molar-refractivity contribution in [2.24, 2.45) is 0 Å². The minimum absolute atomic E-state index is 0.798. The van der Waals surface area contributed by atoms with Gasteiger partial charge < -0.3 is 0 Å². The van der Waals surface area contributed by atoms with E-state index in [4.69, 9.17) is 22.5 Å². The SMILES string of the molecule is CCc1cccc(CP(Cl)Cl)c1. The lowest BCUT2D eigenvalue weighted by atomic mass is 10.1. The van der Waals surface area contributed by atoms with Gasteiger partial charge in [-0.25, -0.2) is 0 Å². The van der Waals surface area contributed by atoms with Crippen molar-refractivity contribution in [2.75, 3.05) is 0 Å². The Kier molecular flexibility index (Phi) is 4.35. The number of rotatable bonds is 3. The van der Waals surface area contributed by atoms with Gasteiger partial charge in [-0.05, 0) is 17.5 Å². The Morgan fingerprint density at radius 2 is 1.92 bits per heavy atom. The van der Waals surface area contributed by atoms with Crippen LogP contribution in [-0.4, -0.2) is 0 Å². The molecule has 0 saturated heterocycles. The van der Waals surface area contributed by atoms with Gasteiger partial charge in [0, 0.05) is 6.16 Å². The molecule has 0 radical (unpaired) electrons. The van der Waals surface area contributed by atoms with Crippen LogP contribution in [0.4, 0.5) is 0 Å². The summed E-state index contributed by atoms with van der Waals surface area (Å²) in [6.07, 6.45) is 1.86. The summed E-state index contributed by atoms with van der Waals surface area (Å²) in [5, 5.41) is 0. The van der Waals surface area contributed by atoms with Gasteiger partial charge in [-0.15, -0.1) is 0 Å². The standard InChI is InChI=1S/C9H11Cl2P/c1-2-8-4-3-5-9(6-8)7-12(10)11/h3-6H,2,7H2,1H3. The molecule has 0 heterocycles. The summed E-state index contributed by atoms with van der Waals surface area (Å²) in [7, 11) is 0. The Labute approximate surface area is 84.2 Å². The lowest BCUT2D eigenvalue weighted by Gasteiger charge is -2.03. The summed E-state index contributed by atoms with van der Waals surface area (Å²) >= 11 is 11.5. The van der Waals surface area contributed by atoms with Crippen LogP contribution in [0.15, 0.2) is 24.3 Å². The van der Waals surface area contributed by atoms with Crippen LogP contribution in [0, 0.1) is 0 Å². The minimum Gasteiger partial charge on any atom is -0.0777 e. The van der Waals surface area contributed by atoms with E-state index in [1.54, 1.807) is 0 Å². The van der Waals surface area contributed by atoms with E-state index in [1.165, 1.54) is 11.1 Å². The molecule has 0 bridgehead atoms. The summed E-state index contributed by atoms with van der Waals surface area (Å²) < 4.78 is 0. The fourth-order valence-corrected chi connectivity index (χ4v) is 2.39. The second-order valence-electron chi connectivity index (χ2n) is 2.63. The van der Waals surface area contributed by atoms with Crippen LogP contribution in [-0.2, 0) is 12.6 Å². The number of hydrogen-bond donors (Lipinski definition) is 0. The third-order valence-corrected chi connectivity index (χ3v) is 3.02. The fraction of sp³-hybridized carbons (Fsp3) is 0.333. The first-order valence-electron chi connectivity index (χ1n) is 3.89. The first kappa shape index (κ1) is 10.3. The van der Waals surface area contributed by atoms with Crippen LogP contribution in [0.2, 0.25) is 0 Å². The second kappa shape index (κ2) is 5.07. The van der Waals surface area contributed by atoms with Crippen molar-refractivity contribution < 1.29 is 0 Å². The van der Waals surface area contributed by atoms with E-state index in [-0.39, 0.29) is 0 Å². The normalized spacial score (nSPS) is 10.7. The van der Waals surface area contributed by atoms with Crippen molar-refractivity contribution in [1.82, 2.24) is 0 Å². The summed E-state index contributed by atoms with van der Waals surface area (Å²) in [6.45, 7) is 1.29. The molecule has 0 aliphatic heterocycles. The zero-order chi connectivity index (χ0) is 8.97. The topological polar surface area (TPSA) is 0 Å². The molecule has 0 N–H and O–H groups in total. The molecule has 1 aromatic rings. The van der Waals surface area contributed by atoms with E-state index < -0.39 is 6.63 Å².